The van der Waals surface area contributed by atoms with Crippen molar-refractivity contribution in [3.05, 3.63) is 6.92 Å². The minimum absolute atomic E-state index is 0.198. The summed E-state index contributed by atoms with van der Waals surface area (Å²) in [4.78, 5) is 0. The third kappa shape index (κ3) is 9.75. The SMILES string of the molecule is [CH2]COCCCCCC(F)(F)F. The van der Waals surface area contributed by atoms with Crippen molar-refractivity contribution in [3.8, 4) is 0 Å². The second-order valence-corrected chi connectivity index (χ2v) is 2.54. The van der Waals surface area contributed by atoms with Crippen molar-refractivity contribution in [2.75, 3.05) is 13.2 Å². The van der Waals surface area contributed by atoms with Gasteiger partial charge in [0.1, 0.15) is 0 Å². The molecule has 0 saturated heterocycles. The van der Waals surface area contributed by atoms with E-state index in [4.69, 9.17) is 4.74 Å². The van der Waals surface area contributed by atoms with Crippen molar-refractivity contribution in [2.45, 2.75) is 31.9 Å². The summed E-state index contributed by atoms with van der Waals surface area (Å²) in [6.45, 7) is 4.34. The first-order valence-corrected chi connectivity index (χ1v) is 4.00. The monoisotopic (exact) mass is 183 g/mol. The Labute approximate surface area is 70.9 Å². The molecule has 1 nitrogen and oxygen atoms in total. The van der Waals surface area contributed by atoms with Crippen LogP contribution in [-0.2, 0) is 4.74 Å². The first-order valence-electron chi connectivity index (χ1n) is 4.00. The Kier molecular flexibility index (Phi) is 6.16. The summed E-state index contributed by atoms with van der Waals surface area (Å²) in [6.07, 6.45) is -3.24. The Morgan fingerprint density at radius 2 is 1.75 bits per heavy atom. The van der Waals surface area contributed by atoms with Gasteiger partial charge in [-0.25, -0.2) is 0 Å². The molecule has 0 spiro atoms. The van der Waals surface area contributed by atoms with Gasteiger partial charge in [0.25, 0.3) is 0 Å². The second-order valence-electron chi connectivity index (χ2n) is 2.54. The lowest BCUT2D eigenvalue weighted by Gasteiger charge is -2.05. The predicted molar refractivity (Wildman–Crippen MR) is 40.7 cm³/mol. The Morgan fingerprint density at radius 1 is 1.08 bits per heavy atom. The summed E-state index contributed by atoms with van der Waals surface area (Å²) < 4.78 is 39.6. The van der Waals surface area contributed by atoms with Crippen molar-refractivity contribution in [1.82, 2.24) is 0 Å². The molecule has 0 N–H and O–H groups in total. The Hall–Kier alpha value is -0.250. The zero-order valence-corrected chi connectivity index (χ0v) is 6.99. The van der Waals surface area contributed by atoms with Gasteiger partial charge in [-0.15, -0.1) is 0 Å². The molecule has 0 heterocycles. The van der Waals surface area contributed by atoms with Crippen molar-refractivity contribution in [1.29, 1.82) is 0 Å². The molecule has 0 saturated carbocycles. The lowest BCUT2D eigenvalue weighted by molar-refractivity contribution is -0.135. The highest BCUT2D eigenvalue weighted by molar-refractivity contribution is 4.51. The van der Waals surface area contributed by atoms with E-state index in [1.807, 2.05) is 0 Å². The van der Waals surface area contributed by atoms with Gasteiger partial charge >= 0.3 is 6.18 Å². The molecule has 0 rings (SSSR count). The summed E-state index contributed by atoms with van der Waals surface area (Å²) in [6, 6.07) is 0. The van der Waals surface area contributed by atoms with E-state index in [2.05, 4.69) is 6.92 Å². The maximum Gasteiger partial charge on any atom is 0.389 e. The van der Waals surface area contributed by atoms with Crippen LogP contribution >= 0.6 is 0 Å². The van der Waals surface area contributed by atoms with Gasteiger partial charge in [0.2, 0.25) is 0 Å². The molecule has 12 heavy (non-hydrogen) atoms. The van der Waals surface area contributed by atoms with Gasteiger partial charge in [-0.05, 0) is 19.8 Å². The minimum Gasteiger partial charge on any atom is -0.381 e. The number of rotatable bonds is 6. The Balaban J connectivity index is 3.01. The van der Waals surface area contributed by atoms with Crippen LogP contribution in [0, 0.1) is 6.92 Å². The fraction of sp³-hybridized carbons (Fsp3) is 0.875. The lowest BCUT2D eigenvalue weighted by atomic mass is 10.2. The van der Waals surface area contributed by atoms with Crippen LogP contribution in [0.3, 0.4) is 0 Å². The van der Waals surface area contributed by atoms with Crippen molar-refractivity contribution in [2.24, 2.45) is 0 Å². The summed E-state index contributed by atoms with van der Waals surface area (Å²) in [7, 11) is 0. The standard InChI is InChI=1S/C8H14F3O/c1-2-12-7-5-3-4-6-8(9,10)11/h1-7H2. The van der Waals surface area contributed by atoms with Crippen LogP contribution in [0.15, 0.2) is 0 Å². The molecule has 0 atom stereocenters. The molecule has 0 aliphatic heterocycles. The molecule has 1 radical (unpaired) electrons. The third-order valence-electron chi connectivity index (χ3n) is 1.39. The fourth-order valence-electron chi connectivity index (χ4n) is 0.808. The van der Waals surface area contributed by atoms with Crippen LogP contribution in [-0.4, -0.2) is 19.4 Å². The molecule has 0 unspecified atom stereocenters. The topological polar surface area (TPSA) is 9.23 Å². The van der Waals surface area contributed by atoms with E-state index in [0.717, 1.165) is 0 Å². The van der Waals surface area contributed by atoms with E-state index in [9.17, 15) is 13.2 Å². The molecule has 0 aromatic heterocycles. The molecule has 0 fully saturated rings. The summed E-state index contributed by atoms with van der Waals surface area (Å²) >= 11 is 0. The Bertz CT molecular complexity index is 101. The van der Waals surface area contributed by atoms with Gasteiger partial charge in [0.05, 0.1) is 0 Å². The average molecular weight is 183 g/mol. The highest BCUT2D eigenvalue weighted by Gasteiger charge is 2.25. The molecule has 0 aliphatic rings. The van der Waals surface area contributed by atoms with Crippen LogP contribution in [0.25, 0.3) is 0 Å². The molecule has 0 amide bonds. The van der Waals surface area contributed by atoms with E-state index < -0.39 is 12.6 Å². The van der Waals surface area contributed by atoms with Crippen molar-refractivity contribution >= 4 is 0 Å². The normalized spacial score (nSPS) is 12.0. The highest BCUT2D eigenvalue weighted by atomic mass is 19.4. The van der Waals surface area contributed by atoms with Crippen LogP contribution in [0.5, 0.6) is 0 Å². The van der Waals surface area contributed by atoms with Gasteiger partial charge in [-0.3, -0.25) is 0 Å². The summed E-state index contributed by atoms with van der Waals surface area (Å²) in [5.74, 6) is 0. The molecule has 0 aromatic carbocycles. The van der Waals surface area contributed by atoms with Crippen LogP contribution in [0.2, 0.25) is 0 Å². The quantitative estimate of drug-likeness (QED) is 0.575. The van der Waals surface area contributed by atoms with E-state index in [0.29, 0.717) is 26.1 Å². The van der Waals surface area contributed by atoms with Gasteiger partial charge in [-0.1, -0.05) is 6.42 Å². The molecule has 0 aliphatic carbocycles. The highest BCUT2D eigenvalue weighted by Crippen LogP contribution is 2.22. The number of halogens is 3. The van der Waals surface area contributed by atoms with Gasteiger partial charge in [-0.2, -0.15) is 13.2 Å². The molecular formula is C8H14F3O. The lowest BCUT2D eigenvalue weighted by Crippen LogP contribution is -2.06. The largest absolute Gasteiger partial charge is 0.389 e. The van der Waals surface area contributed by atoms with E-state index in [-0.39, 0.29) is 6.42 Å². The molecule has 0 bridgehead atoms. The molecule has 73 valence electrons. The number of unbranched alkanes of at least 4 members (excludes halogenated alkanes) is 2. The fourth-order valence-corrected chi connectivity index (χ4v) is 0.808. The first-order chi connectivity index (χ1) is 5.56. The maximum absolute atomic E-state index is 11.6. The molecule has 0 aromatic rings. The van der Waals surface area contributed by atoms with Crippen molar-refractivity contribution in [3.63, 3.8) is 0 Å². The van der Waals surface area contributed by atoms with E-state index in [1.165, 1.54) is 0 Å². The summed E-state index contributed by atoms with van der Waals surface area (Å²) in [5.41, 5.74) is 0. The zero-order chi connectivity index (χ0) is 9.45. The molecular weight excluding hydrogens is 169 g/mol. The van der Waals surface area contributed by atoms with E-state index in [1.54, 1.807) is 0 Å². The van der Waals surface area contributed by atoms with Gasteiger partial charge in [0.15, 0.2) is 0 Å². The van der Waals surface area contributed by atoms with Gasteiger partial charge in [0, 0.05) is 19.6 Å². The zero-order valence-electron chi connectivity index (χ0n) is 6.99. The average Bonchev–Trinajstić information content (AvgIpc) is 1.94. The van der Waals surface area contributed by atoms with E-state index >= 15 is 0 Å². The predicted octanol–water partition coefficient (Wildman–Crippen LogP) is 2.96. The van der Waals surface area contributed by atoms with Crippen LogP contribution in [0.4, 0.5) is 13.2 Å². The second kappa shape index (κ2) is 6.29. The number of hydrogen-bond donors (Lipinski definition) is 0. The van der Waals surface area contributed by atoms with Crippen LogP contribution in [0.1, 0.15) is 25.7 Å². The maximum atomic E-state index is 11.6. The summed E-state index contributed by atoms with van der Waals surface area (Å²) in [5, 5.41) is 0. The number of ether oxygens (including phenoxy) is 1. The minimum atomic E-state index is -4.01. The van der Waals surface area contributed by atoms with Crippen LogP contribution < -0.4 is 0 Å². The number of alkyl halides is 3. The number of hydrogen-bond acceptors (Lipinski definition) is 1. The van der Waals surface area contributed by atoms with Gasteiger partial charge < -0.3 is 4.74 Å². The Morgan fingerprint density at radius 3 is 2.25 bits per heavy atom. The first kappa shape index (κ1) is 11.8. The third-order valence-corrected chi connectivity index (χ3v) is 1.39. The molecule has 4 heteroatoms. The smallest absolute Gasteiger partial charge is 0.381 e. The van der Waals surface area contributed by atoms with Crippen molar-refractivity contribution < 1.29 is 17.9 Å².